The Balaban J connectivity index is 2.18. The minimum absolute atomic E-state index is 0.109. The molecule has 23 heavy (non-hydrogen) atoms. The van der Waals surface area contributed by atoms with Crippen LogP contribution < -0.4 is 4.74 Å². The number of hydrogen-bond donors (Lipinski definition) is 0. The van der Waals surface area contributed by atoms with Crippen LogP contribution in [0.15, 0.2) is 29.2 Å². The van der Waals surface area contributed by atoms with Gasteiger partial charge in [0.05, 0.1) is 11.5 Å². The van der Waals surface area contributed by atoms with Crippen LogP contribution in [-0.4, -0.2) is 40.9 Å². The molecule has 7 heteroatoms. The predicted molar refractivity (Wildman–Crippen MR) is 94.1 cm³/mol. The van der Waals surface area contributed by atoms with Gasteiger partial charge >= 0.3 is 5.97 Å². The molecule has 1 aromatic carbocycles. The molecule has 0 aliphatic carbocycles. The van der Waals surface area contributed by atoms with E-state index in [2.05, 4.69) is 0 Å². The van der Waals surface area contributed by atoms with Crippen molar-refractivity contribution in [3.8, 4) is 5.75 Å². The first-order chi connectivity index (χ1) is 11.1. The van der Waals surface area contributed by atoms with Crippen molar-refractivity contribution in [2.24, 2.45) is 0 Å². The lowest BCUT2D eigenvalue weighted by Gasteiger charge is -2.10. The second-order valence-electron chi connectivity index (χ2n) is 4.56. The van der Waals surface area contributed by atoms with Gasteiger partial charge in [0, 0.05) is 12.1 Å². The van der Waals surface area contributed by atoms with Gasteiger partial charge in [-0.3, -0.25) is 9.69 Å². The molecule has 1 amide bonds. The number of thiocarbonyl (C=S) groups is 1. The Kier molecular flexibility index (Phi) is 6.18. The molecule has 1 aliphatic rings. The van der Waals surface area contributed by atoms with Crippen molar-refractivity contribution >= 4 is 46.3 Å². The topological polar surface area (TPSA) is 55.8 Å². The number of esters is 1. The number of carbonyl (C=O) groups excluding carboxylic acids is 2. The Morgan fingerprint density at radius 1 is 1.35 bits per heavy atom. The Hall–Kier alpha value is -1.86. The third-order valence-corrected chi connectivity index (χ3v) is 4.42. The lowest BCUT2D eigenvalue weighted by molar-refractivity contribution is -0.145. The van der Waals surface area contributed by atoms with Gasteiger partial charge in [0.2, 0.25) is 0 Å². The molecule has 2 rings (SSSR count). The average Bonchev–Trinajstić information content (AvgIpc) is 2.80. The first-order valence-corrected chi connectivity index (χ1v) is 8.42. The highest BCUT2D eigenvalue weighted by molar-refractivity contribution is 8.26. The minimum atomic E-state index is -0.431. The van der Waals surface area contributed by atoms with Gasteiger partial charge in [-0.1, -0.05) is 42.2 Å². The molecule has 0 N–H and O–H groups in total. The van der Waals surface area contributed by atoms with Gasteiger partial charge in [-0.25, -0.2) is 4.79 Å². The van der Waals surface area contributed by atoms with E-state index < -0.39 is 5.97 Å². The van der Waals surface area contributed by atoms with E-state index >= 15 is 0 Å². The fraction of sp³-hybridized carbons (Fsp3) is 0.312. The summed E-state index contributed by atoms with van der Waals surface area (Å²) in [5.41, 5.74) is 0.716. The highest BCUT2D eigenvalue weighted by Gasteiger charge is 2.30. The number of benzene rings is 1. The van der Waals surface area contributed by atoms with Crippen LogP contribution >= 0.6 is 24.0 Å². The predicted octanol–water partition coefficient (Wildman–Crippen LogP) is 2.85. The van der Waals surface area contributed by atoms with Crippen molar-refractivity contribution < 1.29 is 19.1 Å². The fourth-order valence-corrected chi connectivity index (χ4v) is 3.36. The average molecular weight is 351 g/mol. The fourth-order valence-electron chi connectivity index (χ4n) is 1.98. The smallest absolute Gasteiger partial charge is 0.344 e. The highest BCUT2D eigenvalue weighted by Crippen LogP contribution is 2.33. The van der Waals surface area contributed by atoms with Crippen LogP contribution in [0.2, 0.25) is 0 Å². The molecule has 1 saturated heterocycles. The summed E-state index contributed by atoms with van der Waals surface area (Å²) >= 11 is 6.46. The van der Waals surface area contributed by atoms with E-state index in [0.717, 1.165) is 0 Å². The molecule has 0 unspecified atom stereocenters. The minimum Gasteiger partial charge on any atom is -0.481 e. The van der Waals surface area contributed by atoms with Crippen molar-refractivity contribution in [1.29, 1.82) is 0 Å². The van der Waals surface area contributed by atoms with Crippen LogP contribution in [0.25, 0.3) is 6.08 Å². The third kappa shape index (κ3) is 4.33. The zero-order chi connectivity index (χ0) is 16.8. The van der Waals surface area contributed by atoms with Crippen molar-refractivity contribution in [3.63, 3.8) is 0 Å². The lowest BCUT2D eigenvalue weighted by atomic mass is 10.2. The number of para-hydroxylation sites is 1. The molecule has 0 radical (unpaired) electrons. The van der Waals surface area contributed by atoms with Gasteiger partial charge < -0.3 is 9.47 Å². The largest absolute Gasteiger partial charge is 0.481 e. The van der Waals surface area contributed by atoms with E-state index in [9.17, 15) is 9.59 Å². The molecule has 0 aromatic heterocycles. The Labute approximate surface area is 144 Å². The molecule has 0 bridgehead atoms. The van der Waals surface area contributed by atoms with E-state index in [1.807, 2.05) is 19.1 Å². The van der Waals surface area contributed by atoms with Crippen LogP contribution in [-0.2, 0) is 14.3 Å². The lowest BCUT2D eigenvalue weighted by Crippen LogP contribution is -2.27. The molecule has 1 fully saturated rings. The van der Waals surface area contributed by atoms with E-state index in [1.54, 1.807) is 30.0 Å². The summed E-state index contributed by atoms with van der Waals surface area (Å²) in [5.74, 6) is -0.0235. The van der Waals surface area contributed by atoms with Gasteiger partial charge in [-0.2, -0.15) is 0 Å². The summed E-state index contributed by atoms with van der Waals surface area (Å²) in [7, 11) is 0. The van der Waals surface area contributed by atoms with Crippen molar-refractivity contribution in [3.05, 3.63) is 34.7 Å². The molecule has 1 aliphatic heterocycles. The molecule has 5 nitrogen and oxygen atoms in total. The number of likely N-dealkylation sites (N-methyl/N-ethyl adjacent to an activating group) is 1. The monoisotopic (exact) mass is 351 g/mol. The maximum absolute atomic E-state index is 12.2. The van der Waals surface area contributed by atoms with E-state index in [0.29, 0.717) is 33.7 Å². The van der Waals surface area contributed by atoms with Crippen molar-refractivity contribution in [2.75, 3.05) is 19.8 Å². The summed E-state index contributed by atoms with van der Waals surface area (Å²) in [6, 6.07) is 7.20. The van der Waals surface area contributed by atoms with Crippen molar-refractivity contribution in [1.82, 2.24) is 4.90 Å². The molecular weight excluding hydrogens is 334 g/mol. The van der Waals surface area contributed by atoms with Crippen LogP contribution in [0.4, 0.5) is 0 Å². The first-order valence-electron chi connectivity index (χ1n) is 7.19. The summed E-state index contributed by atoms with van der Waals surface area (Å²) in [5, 5.41) is 0. The zero-order valence-corrected chi connectivity index (χ0v) is 14.5. The van der Waals surface area contributed by atoms with E-state index in [1.165, 1.54) is 11.8 Å². The quantitative estimate of drug-likeness (QED) is 0.446. The molecular formula is C16H17NO4S2. The molecule has 0 atom stereocenters. The normalized spacial score (nSPS) is 16.1. The standard InChI is InChI=1S/C16H17NO4S2/c1-3-17-15(19)13(23-16(17)22)9-11-7-5-6-8-12(11)21-10-14(18)20-4-2/h5-9H,3-4,10H2,1-2H3. The van der Waals surface area contributed by atoms with E-state index in [-0.39, 0.29) is 12.5 Å². The highest BCUT2D eigenvalue weighted by atomic mass is 32.2. The first kappa shape index (κ1) is 17.5. The van der Waals surface area contributed by atoms with Gasteiger partial charge in [-0.05, 0) is 26.0 Å². The summed E-state index contributed by atoms with van der Waals surface area (Å²) in [4.78, 5) is 25.7. The molecule has 122 valence electrons. The summed E-state index contributed by atoms with van der Waals surface area (Å²) in [6.45, 7) is 4.30. The number of hydrogen-bond acceptors (Lipinski definition) is 6. The molecule has 0 saturated carbocycles. The number of ether oxygens (including phenoxy) is 2. The molecule has 1 heterocycles. The van der Waals surface area contributed by atoms with Gasteiger partial charge in [0.25, 0.3) is 5.91 Å². The third-order valence-electron chi connectivity index (χ3n) is 3.05. The Bertz CT molecular complexity index is 657. The Morgan fingerprint density at radius 3 is 2.74 bits per heavy atom. The van der Waals surface area contributed by atoms with Crippen molar-refractivity contribution in [2.45, 2.75) is 13.8 Å². The maximum Gasteiger partial charge on any atom is 0.344 e. The second kappa shape index (κ2) is 8.12. The maximum atomic E-state index is 12.2. The van der Waals surface area contributed by atoms with Gasteiger partial charge in [0.15, 0.2) is 6.61 Å². The Morgan fingerprint density at radius 2 is 2.09 bits per heavy atom. The number of thioether (sulfide) groups is 1. The number of carbonyl (C=O) groups is 2. The second-order valence-corrected chi connectivity index (χ2v) is 6.23. The van der Waals surface area contributed by atoms with Crippen LogP contribution in [0.5, 0.6) is 5.75 Å². The molecule has 0 spiro atoms. The van der Waals surface area contributed by atoms with Gasteiger partial charge in [-0.15, -0.1) is 0 Å². The summed E-state index contributed by atoms with van der Waals surface area (Å²) < 4.78 is 10.9. The number of nitrogens with zero attached hydrogens (tertiary/aromatic N) is 1. The van der Waals surface area contributed by atoms with E-state index in [4.69, 9.17) is 21.7 Å². The SMILES string of the molecule is CCOC(=O)COc1ccccc1C=C1SC(=S)N(CC)C1=O. The molecule has 1 aromatic rings. The van der Waals surface area contributed by atoms with Crippen LogP contribution in [0.3, 0.4) is 0 Å². The van der Waals surface area contributed by atoms with Crippen LogP contribution in [0, 0.1) is 0 Å². The van der Waals surface area contributed by atoms with Gasteiger partial charge in [0.1, 0.15) is 10.1 Å². The van der Waals surface area contributed by atoms with Crippen LogP contribution in [0.1, 0.15) is 19.4 Å². The number of amides is 1. The number of rotatable bonds is 6. The zero-order valence-electron chi connectivity index (χ0n) is 12.9. The summed E-state index contributed by atoms with van der Waals surface area (Å²) in [6.07, 6.45) is 1.73.